The molecule has 0 aliphatic rings. The Balaban J connectivity index is 3.33. The van der Waals surface area contributed by atoms with Gasteiger partial charge in [-0.25, -0.2) is 4.79 Å². The van der Waals surface area contributed by atoms with Crippen molar-refractivity contribution in [1.82, 2.24) is 0 Å². The van der Waals surface area contributed by atoms with Crippen LogP contribution in [0.15, 0.2) is 12.1 Å². The summed E-state index contributed by atoms with van der Waals surface area (Å²) in [6.07, 6.45) is 0.733. The largest absolute Gasteiger partial charge is 0.478 e. The number of halogens is 2. The highest BCUT2D eigenvalue weighted by Crippen LogP contribution is 2.27. The van der Waals surface area contributed by atoms with Gasteiger partial charge in [-0.05, 0) is 24.1 Å². The first-order valence-electron chi connectivity index (χ1n) is 3.77. The highest BCUT2D eigenvalue weighted by atomic mass is 35.5. The Bertz CT molecular complexity index is 348. The summed E-state index contributed by atoms with van der Waals surface area (Å²) in [4.78, 5) is 10.7. The third kappa shape index (κ3) is 2.14. The van der Waals surface area contributed by atoms with Crippen LogP contribution in [0.4, 0.5) is 0 Å². The number of carboxylic acid groups (broad SMARTS) is 1. The molecule has 0 fully saturated rings. The van der Waals surface area contributed by atoms with E-state index in [-0.39, 0.29) is 10.6 Å². The van der Waals surface area contributed by atoms with Crippen LogP contribution in [-0.2, 0) is 6.42 Å². The van der Waals surface area contributed by atoms with Crippen LogP contribution in [0.5, 0.6) is 0 Å². The fourth-order valence-electron chi connectivity index (χ4n) is 1.00. The zero-order valence-corrected chi connectivity index (χ0v) is 8.49. The molecule has 0 saturated carbocycles. The average Bonchev–Trinajstić information content (AvgIpc) is 2.09. The van der Waals surface area contributed by atoms with Crippen LogP contribution in [0.25, 0.3) is 0 Å². The molecular weight excluding hydrogens is 211 g/mol. The molecule has 0 atom stereocenters. The number of benzene rings is 1. The van der Waals surface area contributed by atoms with Crippen molar-refractivity contribution in [2.45, 2.75) is 13.3 Å². The molecule has 1 N–H and O–H groups in total. The van der Waals surface area contributed by atoms with Crippen molar-refractivity contribution in [3.05, 3.63) is 33.3 Å². The molecule has 0 saturated heterocycles. The molecule has 0 radical (unpaired) electrons. The standard InChI is InChI=1S/C9H8Cl2O2/c1-2-5-3-6(9(12)13)8(11)7(10)4-5/h3-4H,2H2,1H3,(H,12,13). The Morgan fingerprint density at radius 2 is 2.08 bits per heavy atom. The molecule has 0 amide bonds. The van der Waals surface area contributed by atoms with Crippen LogP contribution in [0.1, 0.15) is 22.8 Å². The normalized spacial score (nSPS) is 10.1. The Morgan fingerprint density at radius 3 is 2.54 bits per heavy atom. The summed E-state index contributed by atoms with van der Waals surface area (Å²) in [7, 11) is 0. The smallest absolute Gasteiger partial charge is 0.337 e. The lowest BCUT2D eigenvalue weighted by molar-refractivity contribution is 0.0697. The van der Waals surface area contributed by atoms with Gasteiger partial charge in [-0.15, -0.1) is 0 Å². The molecule has 1 aromatic carbocycles. The van der Waals surface area contributed by atoms with E-state index in [4.69, 9.17) is 28.3 Å². The molecule has 0 unspecified atom stereocenters. The Labute approximate surface area is 86.1 Å². The van der Waals surface area contributed by atoms with Gasteiger partial charge in [-0.1, -0.05) is 30.1 Å². The van der Waals surface area contributed by atoms with Gasteiger partial charge in [0.1, 0.15) is 0 Å². The molecule has 0 aliphatic heterocycles. The molecule has 0 bridgehead atoms. The maximum atomic E-state index is 10.7. The molecule has 0 spiro atoms. The van der Waals surface area contributed by atoms with Crippen molar-refractivity contribution in [3.8, 4) is 0 Å². The second-order valence-corrected chi connectivity index (χ2v) is 3.38. The quantitative estimate of drug-likeness (QED) is 0.828. The van der Waals surface area contributed by atoms with Gasteiger partial charge >= 0.3 is 5.97 Å². The summed E-state index contributed by atoms with van der Waals surface area (Å²) < 4.78 is 0. The van der Waals surface area contributed by atoms with Gasteiger partial charge in [0.05, 0.1) is 15.6 Å². The summed E-state index contributed by atoms with van der Waals surface area (Å²) in [6, 6.07) is 3.22. The predicted molar refractivity (Wildman–Crippen MR) is 52.8 cm³/mol. The van der Waals surface area contributed by atoms with E-state index in [9.17, 15) is 4.79 Å². The third-order valence-electron chi connectivity index (χ3n) is 1.73. The molecule has 0 aromatic heterocycles. The molecule has 1 aromatic rings. The minimum Gasteiger partial charge on any atom is -0.478 e. The van der Waals surface area contributed by atoms with Crippen LogP contribution in [0.3, 0.4) is 0 Å². The van der Waals surface area contributed by atoms with Crippen molar-refractivity contribution in [2.24, 2.45) is 0 Å². The fraction of sp³-hybridized carbons (Fsp3) is 0.222. The van der Waals surface area contributed by atoms with E-state index in [1.54, 1.807) is 6.07 Å². The molecule has 0 heterocycles. The number of hydrogen-bond acceptors (Lipinski definition) is 1. The molecule has 2 nitrogen and oxygen atoms in total. The molecule has 70 valence electrons. The minimum absolute atomic E-state index is 0.0611. The first-order valence-corrected chi connectivity index (χ1v) is 4.53. The summed E-state index contributed by atoms with van der Waals surface area (Å²) in [5.74, 6) is -1.05. The Kier molecular flexibility index (Phi) is 3.17. The van der Waals surface area contributed by atoms with Crippen molar-refractivity contribution < 1.29 is 9.90 Å². The molecular formula is C9H8Cl2O2. The summed E-state index contributed by atoms with van der Waals surface area (Å²) in [5.41, 5.74) is 0.929. The highest BCUT2D eigenvalue weighted by molar-refractivity contribution is 6.43. The van der Waals surface area contributed by atoms with E-state index in [1.807, 2.05) is 6.92 Å². The predicted octanol–water partition coefficient (Wildman–Crippen LogP) is 3.25. The van der Waals surface area contributed by atoms with Gasteiger partial charge < -0.3 is 5.11 Å². The van der Waals surface area contributed by atoms with Crippen molar-refractivity contribution >= 4 is 29.2 Å². The number of aryl methyl sites for hydroxylation is 1. The first-order chi connectivity index (χ1) is 6.06. The minimum atomic E-state index is -1.05. The van der Waals surface area contributed by atoms with Crippen molar-refractivity contribution in [1.29, 1.82) is 0 Å². The highest BCUT2D eigenvalue weighted by Gasteiger charge is 2.12. The molecule has 1 rings (SSSR count). The molecule has 4 heteroatoms. The van der Waals surface area contributed by atoms with Gasteiger partial charge in [-0.3, -0.25) is 0 Å². The number of carbonyl (C=O) groups is 1. The first kappa shape index (κ1) is 10.4. The summed E-state index contributed by atoms with van der Waals surface area (Å²) >= 11 is 11.5. The molecule has 0 aliphatic carbocycles. The lowest BCUT2D eigenvalue weighted by atomic mass is 10.1. The Morgan fingerprint density at radius 1 is 1.46 bits per heavy atom. The zero-order chi connectivity index (χ0) is 10.0. The van der Waals surface area contributed by atoms with Gasteiger partial charge in [0.15, 0.2) is 0 Å². The van der Waals surface area contributed by atoms with E-state index in [2.05, 4.69) is 0 Å². The number of hydrogen-bond donors (Lipinski definition) is 1. The number of carboxylic acids is 1. The van der Waals surface area contributed by atoms with Gasteiger partial charge in [0, 0.05) is 0 Å². The topological polar surface area (TPSA) is 37.3 Å². The SMILES string of the molecule is CCc1cc(Cl)c(Cl)c(C(=O)O)c1. The van der Waals surface area contributed by atoms with E-state index in [0.29, 0.717) is 5.02 Å². The lowest BCUT2D eigenvalue weighted by Crippen LogP contribution is -1.99. The van der Waals surface area contributed by atoms with Crippen molar-refractivity contribution in [3.63, 3.8) is 0 Å². The second kappa shape index (κ2) is 3.99. The van der Waals surface area contributed by atoms with Gasteiger partial charge in [0.2, 0.25) is 0 Å². The number of rotatable bonds is 2. The van der Waals surface area contributed by atoms with E-state index < -0.39 is 5.97 Å². The van der Waals surface area contributed by atoms with E-state index >= 15 is 0 Å². The van der Waals surface area contributed by atoms with Crippen molar-refractivity contribution in [2.75, 3.05) is 0 Å². The fourth-order valence-corrected chi connectivity index (χ4v) is 1.44. The lowest BCUT2D eigenvalue weighted by Gasteiger charge is -2.04. The third-order valence-corrected chi connectivity index (χ3v) is 2.53. The van der Waals surface area contributed by atoms with E-state index in [1.165, 1.54) is 6.07 Å². The van der Waals surface area contributed by atoms with Crippen LogP contribution in [0, 0.1) is 0 Å². The van der Waals surface area contributed by atoms with Crippen LogP contribution in [0.2, 0.25) is 10.0 Å². The van der Waals surface area contributed by atoms with Gasteiger partial charge in [0.25, 0.3) is 0 Å². The monoisotopic (exact) mass is 218 g/mol. The maximum Gasteiger partial charge on any atom is 0.337 e. The average molecular weight is 219 g/mol. The molecule has 13 heavy (non-hydrogen) atoms. The summed E-state index contributed by atoms with van der Waals surface area (Å²) in [5, 5.41) is 9.16. The van der Waals surface area contributed by atoms with Crippen LogP contribution in [-0.4, -0.2) is 11.1 Å². The Hall–Kier alpha value is -0.730. The van der Waals surface area contributed by atoms with Crippen LogP contribution >= 0.6 is 23.2 Å². The summed E-state index contributed by atoms with van der Waals surface area (Å²) in [6.45, 7) is 1.92. The second-order valence-electron chi connectivity index (χ2n) is 2.60. The maximum absolute atomic E-state index is 10.7. The van der Waals surface area contributed by atoms with E-state index in [0.717, 1.165) is 12.0 Å². The zero-order valence-electron chi connectivity index (χ0n) is 6.97. The number of aromatic carboxylic acids is 1. The van der Waals surface area contributed by atoms with Gasteiger partial charge in [-0.2, -0.15) is 0 Å². The van der Waals surface area contributed by atoms with Crippen LogP contribution < -0.4 is 0 Å².